The van der Waals surface area contributed by atoms with Gasteiger partial charge in [-0.25, -0.2) is 0 Å². The molecule has 0 radical (unpaired) electrons. The molecule has 0 amide bonds. The molecule has 28 heavy (non-hydrogen) atoms. The molecule has 144 valence electrons. The van der Waals surface area contributed by atoms with Gasteiger partial charge in [-0.2, -0.15) is 0 Å². The lowest BCUT2D eigenvalue weighted by Crippen LogP contribution is -2.23. The van der Waals surface area contributed by atoms with Gasteiger partial charge >= 0.3 is 5.97 Å². The maximum atomic E-state index is 10.6. The highest BCUT2D eigenvalue weighted by atomic mass is 32.1. The quantitative estimate of drug-likeness (QED) is 0.398. The Bertz CT molecular complexity index is 956. The van der Waals surface area contributed by atoms with E-state index in [2.05, 4.69) is 5.32 Å². The summed E-state index contributed by atoms with van der Waals surface area (Å²) in [4.78, 5) is 11.2. The summed E-state index contributed by atoms with van der Waals surface area (Å²) in [6, 6.07) is 22.1. The molecule has 0 bridgehead atoms. The van der Waals surface area contributed by atoms with Crippen molar-refractivity contribution in [2.24, 2.45) is 0 Å². The van der Waals surface area contributed by atoms with Gasteiger partial charge in [0.05, 0.1) is 0 Å². The van der Waals surface area contributed by atoms with Gasteiger partial charge in [-0.05, 0) is 35.9 Å². The molecule has 4 nitrogen and oxygen atoms in total. The Morgan fingerprint density at radius 2 is 1.64 bits per heavy atom. The zero-order valence-electron chi connectivity index (χ0n) is 15.6. The molecule has 2 N–H and O–H groups in total. The zero-order chi connectivity index (χ0) is 19.8. The van der Waals surface area contributed by atoms with Crippen molar-refractivity contribution in [1.29, 1.82) is 0 Å². The van der Waals surface area contributed by atoms with E-state index < -0.39 is 5.97 Å². The number of hydrogen-bond donors (Lipinski definition) is 2. The van der Waals surface area contributed by atoms with Crippen molar-refractivity contribution in [2.75, 3.05) is 6.54 Å². The Labute approximate surface area is 170 Å². The summed E-state index contributed by atoms with van der Waals surface area (Å²) in [5.41, 5.74) is 2.07. The van der Waals surface area contributed by atoms with Crippen molar-refractivity contribution in [1.82, 2.24) is 5.32 Å². The summed E-state index contributed by atoms with van der Waals surface area (Å²) in [7, 11) is 0. The fourth-order valence-electron chi connectivity index (χ4n) is 3.03. The second-order valence-corrected chi connectivity index (χ2v) is 6.95. The van der Waals surface area contributed by atoms with Crippen molar-refractivity contribution in [3.8, 4) is 5.75 Å². The van der Waals surface area contributed by atoms with Crippen LogP contribution in [0.5, 0.6) is 5.75 Å². The number of unbranched alkanes of at least 4 members (excludes halogenated alkanes) is 1. The average Bonchev–Trinajstić information content (AvgIpc) is 2.72. The van der Waals surface area contributed by atoms with Crippen LogP contribution in [0.3, 0.4) is 0 Å². The van der Waals surface area contributed by atoms with Crippen LogP contribution in [0.25, 0.3) is 10.8 Å². The summed E-state index contributed by atoms with van der Waals surface area (Å²) in [6.07, 6.45) is 1.59. The number of benzene rings is 3. The molecule has 0 unspecified atom stereocenters. The predicted octanol–water partition coefficient (Wildman–Crippen LogP) is 4.94. The van der Waals surface area contributed by atoms with Crippen molar-refractivity contribution in [3.63, 3.8) is 0 Å². The fourth-order valence-corrected chi connectivity index (χ4v) is 3.31. The van der Waals surface area contributed by atoms with Gasteiger partial charge in [-0.1, -0.05) is 66.8 Å². The first-order valence-electron chi connectivity index (χ1n) is 9.33. The summed E-state index contributed by atoms with van der Waals surface area (Å²) >= 11 is 5.57. The average molecular weight is 394 g/mol. The van der Waals surface area contributed by atoms with E-state index in [1.54, 1.807) is 0 Å². The van der Waals surface area contributed by atoms with E-state index in [-0.39, 0.29) is 6.42 Å². The Kier molecular flexibility index (Phi) is 6.98. The number of aliphatic carboxylic acids is 1. The van der Waals surface area contributed by atoms with Crippen LogP contribution in [0.1, 0.15) is 30.4 Å². The lowest BCUT2D eigenvalue weighted by atomic mass is 10.0. The van der Waals surface area contributed by atoms with Gasteiger partial charge < -0.3 is 15.2 Å². The third-order valence-corrected chi connectivity index (χ3v) is 4.83. The van der Waals surface area contributed by atoms with Crippen LogP contribution >= 0.6 is 12.2 Å². The van der Waals surface area contributed by atoms with Crippen LogP contribution in [0.15, 0.2) is 66.7 Å². The molecule has 0 atom stereocenters. The predicted molar refractivity (Wildman–Crippen MR) is 116 cm³/mol. The van der Waals surface area contributed by atoms with E-state index in [0.717, 1.165) is 34.1 Å². The van der Waals surface area contributed by atoms with Gasteiger partial charge in [0, 0.05) is 23.9 Å². The third-order valence-electron chi connectivity index (χ3n) is 4.47. The minimum Gasteiger partial charge on any atom is -0.488 e. The standard InChI is InChI=1S/C23H23NO3S/c25-22(26)12-6-7-15-24-23(28)20-13-14-21(19-11-5-4-10-18(19)20)27-16-17-8-2-1-3-9-17/h1-5,8-11,13-14H,6-7,12,15-16H2,(H,24,28)(H,25,26). The summed E-state index contributed by atoms with van der Waals surface area (Å²) in [5.74, 6) is 0.0622. The van der Waals surface area contributed by atoms with Gasteiger partial charge in [-0.15, -0.1) is 0 Å². The third kappa shape index (κ3) is 5.30. The molecule has 0 saturated carbocycles. The van der Waals surface area contributed by atoms with Crippen LogP contribution in [0.4, 0.5) is 0 Å². The molecule has 0 aliphatic rings. The second kappa shape index (κ2) is 9.85. The van der Waals surface area contributed by atoms with Crippen LogP contribution < -0.4 is 10.1 Å². The Morgan fingerprint density at radius 1 is 0.929 bits per heavy atom. The molecule has 0 saturated heterocycles. The van der Waals surface area contributed by atoms with Gasteiger partial charge in [0.25, 0.3) is 0 Å². The van der Waals surface area contributed by atoms with Crippen LogP contribution in [-0.4, -0.2) is 22.6 Å². The smallest absolute Gasteiger partial charge is 0.303 e. The molecule has 0 aromatic heterocycles. The lowest BCUT2D eigenvalue weighted by Gasteiger charge is -2.14. The Balaban J connectivity index is 1.70. The number of hydrogen-bond acceptors (Lipinski definition) is 3. The molecular weight excluding hydrogens is 370 g/mol. The van der Waals surface area contributed by atoms with E-state index in [4.69, 9.17) is 22.1 Å². The van der Waals surface area contributed by atoms with Gasteiger partial charge in [0.15, 0.2) is 0 Å². The van der Waals surface area contributed by atoms with E-state index in [0.29, 0.717) is 24.6 Å². The zero-order valence-corrected chi connectivity index (χ0v) is 16.4. The molecule has 0 aliphatic carbocycles. The number of carbonyl (C=O) groups is 1. The largest absolute Gasteiger partial charge is 0.488 e. The molecule has 0 heterocycles. The first-order chi connectivity index (χ1) is 13.6. The first kappa shape index (κ1) is 19.8. The van der Waals surface area contributed by atoms with Gasteiger partial charge in [-0.3, -0.25) is 4.79 Å². The molecule has 0 fully saturated rings. The summed E-state index contributed by atoms with van der Waals surface area (Å²) in [5, 5.41) is 14.0. The van der Waals surface area contributed by atoms with E-state index >= 15 is 0 Å². The first-order valence-corrected chi connectivity index (χ1v) is 9.74. The van der Waals surface area contributed by atoms with Gasteiger partial charge in [0.1, 0.15) is 17.3 Å². The highest BCUT2D eigenvalue weighted by Gasteiger charge is 2.10. The van der Waals surface area contributed by atoms with Gasteiger partial charge in [0.2, 0.25) is 0 Å². The number of rotatable bonds is 9. The summed E-state index contributed by atoms with van der Waals surface area (Å²) in [6.45, 7) is 1.17. The summed E-state index contributed by atoms with van der Waals surface area (Å²) < 4.78 is 6.06. The molecule has 3 aromatic carbocycles. The van der Waals surface area contributed by atoms with Crippen molar-refractivity contribution in [2.45, 2.75) is 25.9 Å². The monoisotopic (exact) mass is 393 g/mol. The van der Waals surface area contributed by atoms with E-state index in [1.165, 1.54) is 0 Å². The molecule has 5 heteroatoms. The highest BCUT2D eigenvalue weighted by molar-refractivity contribution is 7.80. The van der Waals surface area contributed by atoms with Crippen LogP contribution in [-0.2, 0) is 11.4 Å². The molecule has 3 rings (SSSR count). The topological polar surface area (TPSA) is 58.6 Å². The van der Waals surface area contributed by atoms with E-state index in [9.17, 15) is 4.79 Å². The van der Waals surface area contributed by atoms with Crippen molar-refractivity contribution < 1.29 is 14.6 Å². The maximum Gasteiger partial charge on any atom is 0.303 e. The minimum absolute atomic E-state index is 0.185. The van der Waals surface area contributed by atoms with Crippen molar-refractivity contribution in [3.05, 3.63) is 77.9 Å². The van der Waals surface area contributed by atoms with Crippen LogP contribution in [0.2, 0.25) is 0 Å². The van der Waals surface area contributed by atoms with Crippen LogP contribution in [0, 0.1) is 0 Å². The number of fused-ring (bicyclic) bond motifs is 1. The minimum atomic E-state index is -0.764. The van der Waals surface area contributed by atoms with Crippen molar-refractivity contribution >= 4 is 33.9 Å². The maximum absolute atomic E-state index is 10.6. The number of carboxylic acids is 1. The highest BCUT2D eigenvalue weighted by Crippen LogP contribution is 2.29. The number of nitrogens with one attached hydrogen (secondary N) is 1. The number of thiocarbonyl (C=S) groups is 1. The SMILES string of the molecule is O=C(O)CCCCNC(=S)c1ccc(OCc2ccccc2)c2ccccc12. The fraction of sp³-hybridized carbons (Fsp3) is 0.217. The molecule has 3 aromatic rings. The Hall–Kier alpha value is -2.92. The molecular formula is C23H23NO3S. The number of ether oxygens (including phenoxy) is 1. The molecule has 0 aliphatic heterocycles. The van der Waals surface area contributed by atoms with E-state index in [1.807, 2.05) is 66.7 Å². The number of carboxylic acid groups (broad SMARTS) is 1. The Morgan fingerprint density at radius 3 is 2.39 bits per heavy atom. The normalized spacial score (nSPS) is 10.6. The molecule has 0 spiro atoms. The second-order valence-electron chi connectivity index (χ2n) is 6.54. The lowest BCUT2D eigenvalue weighted by molar-refractivity contribution is -0.137.